The molecule has 0 saturated heterocycles. The molecule has 0 N–H and O–H groups in total. The predicted octanol–water partition coefficient (Wildman–Crippen LogP) is 5.10. The molecule has 1 aromatic carbocycles. The summed E-state index contributed by atoms with van der Waals surface area (Å²) in [5, 5.41) is 0. The zero-order valence-electron chi connectivity index (χ0n) is 9.05. The minimum absolute atomic E-state index is 0.831. The highest BCUT2D eigenvalue weighted by molar-refractivity contribution is 6.69. The van der Waals surface area contributed by atoms with Crippen molar-refractivity contribution in [3.05, 3.63) is 42.0 Å². The Balaban J connectivity index is 2.91. The molecule has 0 amide bonds. The molecule has 1 aromatic rings. The van der Waals surface area contributed by atoms with Crippen molar-refractivity contribution in [2.45, 2.75) is 17.6 Å². The lowest BCUT2D eigenvalue weighted by Crippen LogP contribution is -2.01. The van der Waals surface area contributed by atoms with Crippen LogP contribution in [0.1, 0.15) is 13.8 Å². The molecule has 0 aliphatic carbocycles. The van der Waals surface area contributed by atoms with Gasteiger partial charge in [-0.1, -0.05) is 53.0 Å². The van der Waals surface area contributed by atoms with Crippen LogP contribution in [0.15, 0.2) is 47.0 Å². The molecule has 0 aromatic heterocycles. The fourth-order valence-electron chi connectivity index (χ4n) is 1.13. The first kappa shape index (κ1) is 13.6. The first-order valence-electron chi connectivity index (χ1n) is 4.75. The maximum Gasteiger partial charge on any atom is 0.209 e. The van der Waals surface area contributed by atoms with Crippen molar-refractivity contribution in [2.75, 3.05) is 0 Å². The van der Waals surface area contributed by atoms with Crippen LogP contribution in [0, 0.1) is 0 Å². The van der Waals surface area contributed by atoms with Crippen LogP contribution < -0.4 is 0 Å². The smallest absolute Gasteiger partial charge is 0.209 e. The lowest BCUT2D eigenvalue weighted by Gasteiger charge is -2.07. The first-order chi connectivity index (χ1) is 7.38. The minimum Gasteiger partial charge on any atom is -0.254 e. The average Bonchev–Trinajstić information content (AvgIpc) is 2.16. The Labute approximate surface area is 111 Å². The Morgan fingerprint density at radius 1 is 1.12 bits per heavy atom. The molecule has 0 heterocycles. The van der Waals surface area contributed by atoms with Gasteiger partial charge < -0.3 is 0 Å². The van der Waals surface area contributed by atoms with Crippen LogP contribution >= 0.6 is 34.8 Å². The zero-order valence-corrected chi connectivity index (χ0v) is 11.3. The van der Waals surface area contributed by atoms with Gasteiger partial charge in [-0.3, -0.25) is 4.99 Å². The Hall–Kier alpha value is -0.500. The summed E-state index contributed by atoms with van der Waals surface area (Å²) in [7, 11) is 0. The molecule has 0 aliphatic rings. The number of aliphatic imine (C=N–C) groups is 1. The monoisotopic (exact) mass is 275 g/mol. The van der Waals surface area contributed by atoms with E-state index in [9.17, 15) is 0 Å². The van der Waals surface area contributed by atoms with Gasteiger partial charge in [0.05, 0.1) is 5.69 Å². The van der Waals surface area contributed by atoms with Crippen molar-refractivity contribution in [3.8, 4) is 0 Å². The number of para-hydroxylation sites is 1. The van der Waals surface area contributed by atoms with Crippen molar-refractivity contribution in [2.24, 2.45) is 4.99 Å². The Morgan fingerprint density at radius 3 is 2.19 bits per heavy atom. The van der Waals surface area contributed by atoms with Gasteiger partial charge in [-0.05, 0) is 37.6 Å². The summed E-state index contributed by atoms with van der Waals surface area (Å²) in [6, 6.07) is 9.65. The van der Waals surface area contributed by atoms with Crippen molar-refractivity contribution < 1.29 is 0 Å². The van der Waals surface area contributed by atoms with Gasteiger partial charge in [-0.15, -0.1) is 0 Å². The van der Waals surface area contributed by atoms with Crippen LogP contribution in [0.3, 0.4) is 0 Å². The lowest BCUT2D eigenvalue weighted by molar-refractivity contribution is 1.37. The SMILES string of the molecule is CC(=C/C(Cl)(Cl)Cl)/C(C)=N/c1ccccc1. The second-order valence-electron chi connectivity index (χ2n) is 3.40. The van der Waals surface area contributed by atoms with Gasteiger partial charge in [0.15, 0.2) is 0 Å². The molecule has 0 saturated carbocycles. The normalized spacial score (nSPS) is 14.1. The van der Waals surface area contributed by atoms with Crippen LogP contribution in [0.2, 0.25) is 0 Å². The van der Waals surface area contributed by atoms with Crippen LogP contribution in [0.4, 0.5) is 5.69 Å². The van der Waals surface area contributed by atoms with E-state index in [1.54, 1.807) is 6.08 Å². The third-order valence-corrected chi connectivity index (χ3v) is 2.33. The molecule has 86 valence electrons. The summed E-state index contributed by atoms with van der Waals surface area (Å²) in [6.07, 6.45) is 1.56. The highest BCUT2D eigenvalue weighted by Crippen LogP contribution is 2.29. The van der Waals surface area contributed by atoms with E-state index in [2.05, 4.69) is 4.99 Å². The molecule has 0 aliphatic heterocycles. The van der Waals surface area contributed by atoms with Crippen LogP contribution in [-0.4, -0.2) is 9.50 Å². The summed E-state index contributed by atoms with van der Waals surface area (Å²) >= 11 is 17.0. The maximum absolute atomic E-state index is 5.67. The minimum atomic E-state index is -1.38. The van der Waals surface area contributed by atoms with E-state index in [1.165, 1.54) is 0 Å². The van der Waals surface area contributed by atoms with Crippen LogP contribution in [0.25, 0.3) is 0 Å². The second kappa shape index (κ2) is 5.72. The summed E-state index contributed by atoms with van der Waals surface area (Å²) in [4.78, 5) is 4.42. The van der Waals surface area contributed by atoms with Crippen LogP contribution in [-0.2, 0) is 0 Å². The molecular weight excluding hydrogens is 264 g/mol. The van der Waals surface area contributed by atoms with E-state index in [0.717, 1.165) is 17.0 Å². The van der Waals surface area contributed by atoms with Crippen molar-refractivity contribution in [3.63, 3.8) is 0 Å². The summed E-state index contributed by atoms with van der Waals surface area (Å²) < 4.78 is -1.38. The van der Waals surface area contributed by atoms with Gasteiger partial charge >= 0.3 is 0 Å². The standard InChI is InChI=1S/C12H12Cl3N/c1-9(8-12(13,14)15)10(2)16-11-6-4-3-5-7-11/h3-8H,1-2H3/b9-8-,16-10+. The predicted molar refractivity (Wildman–Crippen MR) is 73.3 cm³/mol. The molecule has 16 heavy (non-hydrogen) atoms. The van der Waals surface area contributed by atoms with E-state index >= 15 is 0 Å². The molecule has 1 nitrogen and oxygen atoms in total. The number of hydrogen-bond donors (Lipinski definition) is 0. The average molecular weight is 277 g/mol. The van der Waals surface area contributed by atoms with Gasteiger partial charge in [-0.25, -0.2) is 0 Å². The van der Waals surface area contributed by atoms with E-state index in [0.29, 0.717) is 0 Å². The second-order valence-corrected chi connectivity index (χ2v) is 5.77. The highest BCUT2D eigenvalue weighted by atomic mass is 35.6. The van der Waals surface area contributed by atoms with Crippen LogP contribution in [0.5, 0.6) is 0 Å². The number of allylic oxidation sites excluding steroid dienone is 2. The molecule has 0 unspecified atom stereocenters. The Morgan fingerprint density at radius 2 is 1.69 bits per heavy atom. The molecular formula is C12H12Cl3N. The third-order valence-electron chi connectivity index (χ3n) is 2.00. The van der Waals surface area contributed by atoms with Gasteiger partial charge in [0.1, 0.15) is 0 Å². The lowest BCUT2D eigenvalue weighted by atomic mass is 10.2. The van der Waals surface area contributed by atoms with Gasteiger partial charge in [-0.2, -0.15) is 0 Å². The summed E-state index contributed by atoms with van der Waals surface area (Å²) in [5.74, 6) is 0. The van der Waals surface area contributed by atoms with Gasteiger partial charge in [0.25, 0.3) is 0 Å². The van der Waals surface area contributed by atoms with E-state index in [4.69, 9.17) is 34.8 Å². The number of benzene rings is 1. The fourth-order valence-corrected chi connectivity index (χ4v) is 1.63. The number of rotatable bonds is 2. The molecule has 0 bridgehead atoms. The van der Waals surface area contributed by atoms with E-state index in [1.807, 2.05) is 44.2 Å². The molecule has 1 rings (SSSR count). The Bertz CT molecular complexity index is 402. The van der Waals surface area contributed by atoms with E-state index < -0.39 is 3.79 Å². The third kappa shape index (κ3) is 5.02. The van der Waals surface area contributed by atoms with Crippen molar-refractivity contribution in [1.29, 1.82) is 0 Å². The summed E-state index contributed by atoms with van der Waals surface area (Å²) in [5.41, 5.74) is 2.57. The molecule has 0 spiro atoms. The molecule has 4 heteroatoms. The largest absolute Gasteiger partial charge is 0.254 e. The topological polar surface area (TPSA) is 12.4 Å². The zero-order chi connectivity index (χ0) is 12.2. The number of nitrogens with zero attached hydrogens (tertiary/aromatic N) is 1. The number of halogens is 3. The van der Waals surface area contributed by atoms with Gasteiger partial charge in [0, 0.05) is 5.71 Å². The van der Waals surface area contributed by atoms with Crippen molar-refractivity contribution >= 4 is 46.2 Å². The Kier molecular flexibility index (Phi) is 4.85. The maximum atomic E-state index is 5.67. The molecule has 0 radical (unpaired) electrons. The number of alkyl halides is 3. The quantitative estimate of drug-likeness (QED) is 0.527. The molecule has 0 atom stereocenters. The summed E-state index contributed by atoms with van der Waals surface area (Å²) in [6.45, 7) is 3.75. The van der Waals surface area contributed by atoms with E-state index in [-0.39, 0.29) is 0 Å². The molecule has 0 fully saturated rings. The van der Waals surface area contributed by atoms with Gasteiger partial charge in [0.2, 0.25) is 3.79 Å². The number of hydrogen-bond acceptors (Lipinski definition) is 1. The highest BCUT2D eigenvalue weighted by Gasteiger charge is 2.16. The fraction of sp³-hybridized carbons (Fsp3) is 0.250. The van der Waals surface area contributed by atoms with Crippen molar-refractivity contribution in [1.82, 2.24) is 0 Å². The first-order valence-corrected chi connectivity index (χ1v) is 5.89.